The fourth-order valence-electron chi connectivity index (χ4n) is 0.662. The second-order valence-corrected chi connectivity index (χ2v) is 2.15. The summed E-state index contributed by atoms with van der Waals surface area (Å²) in [5.41, 5.74) is 5.02. The number of nitrogens with one attached hydrogen (secondary N) is 1. The third-order valence-corrected chi connectivity index (χ3v) is 1.25. The second kappa shape index (κ2) is 4.05. The molecular weight excluding hydrogens is 172 g/mol. The number of pyridine rings is 1. The summed E-state index contributed by atoms with van der Waals surface area (Å²) in [6.45, 7) is 0. The first kappa shape index (κ1) is 8.98. The molecule has 1 heterocycles. The Kier molecular flexibility index (Phi) is 2.80. The van der Waals surface area contributed by atoms with Crippen LogP contribution in [-0.2, 0) is 4.79 Å². The van der Waals surface area contributed by atoms with Crippen LogP contribution < -0.4 is 11.1 Å². The summed E-state index contributed by atoms with van der Waals surface area (Å²) >= 11 is 0. The Balaban J connectivity index is 2.66. The molecule has 1 aromatic heterocycles. The summed E-state index contributed by atoms with van der Waals surface area (Å²) in [6.07, 6.45) is 1.52. The van der Waals surface area contributed by atoms with E-state index in [4.69, 9.17) is 10.9 Å². The zero-order valence-electron chi connectivity index (χ0n) is 6.64. The molecule has 0 fully saturated rings. The number of hydrogen-bond donors (Lipinski definition) is 3. The molecule has 6 heteroatoms. The molecule has 0 bridgehead atoms. The summed E-state index contributed by atoms with van der Waals surface area (Å²) in [4.78, 5) is 14.8. The number of nitrogens with zero attached hydrogens (tertiary/aromatic N) is 2. The van der Waals surface area contributed by atoms with Crippen LogP contribution in [0.4, 0.5) is 5.82 Å². The Bertz CT molecular complexity index is 323. The van der Waals surface area contributed by atoms with Gasteiger partial charge in [-0.05, 0) is 12.1 Å². The van der Waals surface area contributed by atoms with Crippen molar-refractivity contribution in [1.29, 1.82) is 0 Å². The first-order valence-electron chi connectivity index (χ1n) is 3.44. The van der Waals surface area contributed by atoms with Crippen LogP contribution in [0.25, 0.3) is 0 Å². The van der Waals surface area contributed by atoms with Crippen molar-refractivity contribution in [2.75, 3.05) is 5.32 Å². The number of hydrogen-bond acceptors (Lipinski definition) is 4. The molecule has 0 saturated carbocycles. The van der Waals surface area contributed by atoms with Gasteiger partial charge < -0.3 is 16.3 Å². The molecule has 0 radical (unpaired) electrons. The number of anilines is 1. The minimum absolute atomic E-state index is 0.346. The lowest BCUT2D eigenvalue weighted by Crippen LogP contribution is -2.30. The van der Waals surface area contributed by atoms with Crippen molar-refractivity contribution in [1.82, 2.24) is 4.98 Å². The molecule has 0 spiro atoms. The maximum Gasteiger partial charge on any atom is 0.295 e. The van der Waals surface area contributed by atoms with Crippen LogP contribution in [0.5, 0.6) is 0 Å². The van der Waals surface area contributed by atoms with E-state index in [0.717, 1.165) is 0 Å². The van der Waals surface area contributed by atoms with Crippen molar-refractivity contribution in [3.05, 3.63) is 24.4 Å². The van der Waals surface area contributed by atoms with E-state index in [2.05, 4.69) is 15.5 Å². The topological polar surface area (TPSA) is 101 Å². The summed E-state index contributed by atoms with van der Waals surface area (Å²) in [5, 5.41) is 13.0. The maximum atomic E-state index is 11.0. The fourth-order valence-corrected chi connectivity index (χ4v) is 0.662. The van der Waals surface area contributed by atoms with E-state index in [1.165, 1.54) is 6.20 Å². The lowest BCUT2D eigenvalue weighted by Gasteiger charge is -2.00. The van der Waals surface area contributed by atoms with Gasteiger partial charge in [-0.15, -0.1) is 0 Å². The molecule has 1 rings (SSSR count). The summed E-state index contributed by atoms with van der Waals surface area (Å²) in [6, 6.07) is 5.00. The van der Waals surface area contributed by atoms with Gasteiger partial charge >= 0.3 is 0 Å². The zero-order valence-corrected chi connectivity index (χ0v) is 6.64. The van der Waals surface area contributed by atoms with Crippen molar-refractivity contribution in [2.24, 2.45) is 10.9 Å². The molecule has 0 saturated heterocycles. The molecule has 1 amide bonds. The standard InChI is InChI=1S/C7H8N4O2/c8-6(11-13)7(12)10-5-3-1-2-4-9-5/h1-4,13H,(H2,8,11)(H,9,10,12). The summed E-state index contributed by atoms with van der Waals surface area (Å²) in [7, 11) is 0. The predicted molar refractivity (Wildman–Crippen MR) is 46.3 cm³/mol. The maximum absolute atomic E-state index is 11.0. The molecule has 0 aliphatic heterocycles. The van der Waals surface area contributed by atoms with E-state index in [1.54, 1.807) is 18.2 Å². The van der Waals surface area contributed by atoms with Crippen LogP contribution in [0.15, 0.2) is 29.6 Å². The highest BCUT2D eigenvalue weighted by molar-refractivity contribution is 6.41. The van der Waals surface area contributed by atoms with Gasteiger partial charge in [0.2, 0.25) is 5.84 Å². The Morgan fingerprint density at radius 1 is 1.62 bits per heavy atom. The Morgan fingerprint density at radius 2 is 2.38 bits per heavy atom. The number of nitrogens with two attached hydrogens (primary N) is 1. The number of oxime groups is 1. The van der Waals surface area contributed by atoms with Crippen LogP contribution in [0.2, 0.25) is 0 Å². The Morgan fingerprint density at radius 3 is 2.92 bits per heavy atom. The van der Waals surface area contributed by atoms with E-state index in [1.807, 2.05) is 0 Å². The van der Waals surface area contributed by atoms with Gasteiger partial charge in [-0.3, -0.25) is 4.79 Å². The first-order valence-corrected chi connectivity index (χ1v) is 3.44. The van der Waals surface area contributed by atoms with E-state index < -0.39 is 11.7 Å². The van der Waals surface area contributed by atoms with Crippen molar-refractivity contribution in [3.8, 4) is 0 Å². The highest BCUT2D eigenvalue weighted by Gasteiger charge is 2.07. The molecule has 1 aromatic rings. The molecule has 13 heavy (non-hydrogen) atoms. The summed E-state index contributed by atoms with van der Waals surface area (Å²) in [5.74, 6) is -0.856. The number of amidine groups is 1. The first-order chi connectivity index (χ1) is 6.24. The number of rotatable bonds is 1. The van der Waals surface area contributed by atoms with Gasteiger partial charge in [0.1, 0.15) is 5.82 Å². The van der Waals surface area contributed by atoms with Crippen LogP contribution in [0.1, 0.15) is 0 Å². The average Bonchev–Trinajstić information content (AvgIpc) is 2.18. The highest BCUT2D eigenvalue weighted by Crippen LogP contribution is 1.98. The largest absolute Gasteiger partial charge is 0.409 e. The van der Waals surface area contributed by atoms with Gasteiger partial charge in [-0.25, -0.2) is 4.98 Å². The van der Waals surface area contributed by atoms with Gasteiger partial charge in [-0.2, -0.15) is 0 Å². The quantitative estimate of drug-likeness (QED) is 0.240. The molecule has 0 aromatic carbocycles. The zero-order chi connectivity index (χ0) is 9.68. The molecule has 0 aliphatic carbocycles. The van der Waals surface area contributed by atoms with Crippen molar-refractivity contribution in [2.45, 2.75) is 0 Å². The van der Waals surface area contributed by atoms with Crippen molar-refractivity contribution in [3.63, 3.8) is 0 Å². The van der Waals surface area contributed by atoms with Crippen LogP contribution in [-0.4, -0.2) is 21.9 Å². The molecular formula is C7H8N4O2. The lowest BCUT2D eigenvalue weighted by molar-refractivity contribution is -0.110. The predicted octanol–water partition coefficient (Wildman–Crippen LogP) is -0.234. The van der Waals surface area contributed by atoms with E-state index in [9.17, 15) is 4.79 Å². The Hall–Kier alpha value is -2.11. The van der Waals surface area contributed by atoms with Gasteiger partial charge in [0.05, 0.1) is 0 Å². The molecule has 68 valence electrons. The van der Waals surface area contributed by atoms with Crippen LogP contribution in [0, 0.1) is 0 Å². The van der Waals surface area contributed by atoms with E-state index in [-0.39, 0.29) is 0 Å². The smallest absolute Gasteiger partial charge is 0.295 e. The van der Waals surface area contributed by atoms with E-state index in [0.29, 0.717) is 5.82 Å². The highest BCUT2D eigenvalue weighted by atomic mass is 16.4. The van der Waals surface area contributed by atoms with Crippen LogP contribution in [0.3, 0.4) is 0 Å². The molecule has 4 N–H and O–H groups in total. The lowest BCUT2D eigenvalue weighted by atomic mass is 10.4. The van der Waals surface area contributed by atoms with Gasteiger partial charge in [0.25, 0.3) is 5.91 Å². The third kappa shape index (κ3) is 2.44. The average molecular weight is 180 g/mol. The van der Waals surface area contributed by atoms with Crippen molar-refractivity contribution < 1.29 is 10.0 Å². The minimum atomic E-state index is -0.693. The van der Waals surface area contributed by atoms with E-state index >= 15 is 0 Å². The number of aromatic nitrogens is 1. The van der Waals surface area contributed by atoms with Gasteiger partial charge in [0.15, 0.2) is 0 Å². The normalized spacial score (nSPS) is 10.9. The molecule has 6 nitrogen and oxygen atoms in total. The van der Waals surface area contributed by atoms with Crippen molar-refractivity contribution >= 4 is 17.6 Å². The fraction of sp³-hybridized carbons (Fsp3) is 0. The minimum Gasteiger partial charge on any atom is -0.409 e. The monoisotopic (exact) mass is 180 g/mol. The van der Waals surface area contributed by atoms with Gasteiger partial charge in [0, 0.05) is 6.20 Å². The molecule has 0 aliphatic rings. The molecule has 0 atom stereocenters. The number of carbonyl (C=O) groups excluding carboxylic acids is 1. The number of carbonyl (C=O) groups is 1. The SMILES string of the molecule is N/C(=N/O)C(=O)Nc1ccccn1. The summed E-state index contributed by atoms with van der Waals surface area (Å²) < 4.78 is 0. The molecule has 0 unspecified atom stereocenters. The number of amides is 1. The Labute approximate surface area is 74.1 Å². The third-order valence-electron chi connectivity index (χ3n) is 1.25. The van der Waals surface area contributed by atoms with Crippen LogP contribution >= 0.6 is 0 Å². The van der Waals surface area contributed by atoms with Gasteiger partial charge in [-0.1, -0.05) is 11.2 Å². The second-order valence-electron chi connectivity index (χ2n) is 2.15.